The third-order valence-electron chi connectivity index (χ3n) is 3.77. The first kappa shape index (κ1) is 13.8. The van der Waals surface area contributed by atoms with E-state index in [0.717, 1.165) is 25.7 Å². The van der Waals surface area contributed by atoms with Crippen LogP contribution in [0.15, 0.2) is 0 Å². The van der Waals surface area contributed by atoms with Gasteiger partial charge in [-0.25, -0.2) is 4.68 Å². The second-order valence-electron chi connectivity index (χ2n) is 5.16. The lowest BCUT2D eigenvalue weighted by molar-refractivity contribution is -0.384. The summed E-state index contributed by atoms with van der Waals surface area (Å²) in [5.74, 6) is 0.573. The number of hydrogen-bond donors (Lipinski definition) is 2. The second-order valence-corrected chi connectivity index (χ2v) is 5.16. The number of anilines is 1. The van der Waals surface area contributed by atoms with Crippen molar-refractivity contribution < 1.29 is 10.0 Å². The Balaban J connectivity index is 2.08. The predicted octanol–water partition coefficient (Wildman–Crippen LogP) is 1.60. The average Bonchev–Trinajstić information content (AvgIpc) is 2.63. The van der Waals surface area contributed by atoms with Crippen LogP contribution < -0.4 is 5.32 Å². The SMILES string of the molecule is Cc1nn(C)c(NCC2CCCCC2O)c1[N+](=O)[O-]. The first-order valence-corrected chi connectivity index (χ1v) is 6.60. The van der Waals surface area contributed by atoms with Crippen LogP contribution >= 0.6 is 0 Å². The van der Waals surface area contributed by atoms with Crippen LogP contribution in [0.25, 0.3) is 0 Å². The summed E-state index contributed by atoms with van der Waals surface area (Å²) < 4.78 is 1.49. The molecule has 2 N–H and O–H groups in total. The van der Waals surface area contributed by atoms with E-state index in [1.807, 2.05) is 0 Å². The van der Waals surface area contributed by atoms with Gasteiger partial charge in [0.1, 0.15) is 5.69 Å². The Labute approximate surface area is 111 Å². The van der Waals surface area contributed by atoms with Crippen LogP contribution in [-0.2, 0) is 7.05 Å². The van der Waals surface area contributed by atoms with Crippen LogP contribution in [0.3, 0.4) is 0 Å². The Morgan fingerprint density at radius 3 is 2.84 bits per heavy atom. The van der Waals surface area contributed by atoms with Gasteiger partial charge in [-0.3, -0.25) is 10.1 Å². The van der Waals surface area contributed by atoms with Gasteiger partial charge in [-0.15, -0.1) is 0 Å². The van der Waals surface area contributed by atoms with E-state index in [1.54, 1.807) is 14.0 Å². The smallest absolute Gasteiger partial charge is 0.333 e. The van der Waals surface area contributed by atoms with Crippen LogP contribution in [0.1, 0.15) is 31.4 Å². The summed E-state index contributed by atoms with van der Waals surface area (Å²) in [6.45, 7) is 2.17. The van der Waals surface area contributed by atoms with E-state index in [1.165, 1.54) is 4.68 Å². The maximum absolute atomic E-state index is 11.0. The van der Waals surface area contributed by atoms with E-state index in [9.17, 15) is 15.2 Å². The number of aliphatic hydroxyl groups is 1. The summed E-state index contributed by atoms with van der Waals surface area (Å²) >= 11 is 0. The molecule has 2 atom stereocenters. The highest BCUT2D eigenvalue weighted by molar-refractivity contribution is 5.59. The lowest BCUT2D eigenvalue weighted by atomic mass is 9.86. The Hall–Kier alpha value is -1.63. The van der Waals surface area contributed by atoms with E-state index < -0.39 is 4.92 Å². The Kier molecular flexibility index (Phi) is 4.04. The molecule has 0 aliphatic heterocycles. The van der Waals surface area contributed by atoms with Crippen molar-refractivity contribution in [2.24, 2.45) is 13.0 Å². The zero-order chi connectivity index (χ0) is 14.0. The minimum atomic E-state index is -0.415. The molecule has 1 heterocycles. The minimum absolute atomic E-state index is 0.0211. The molecule has 2 unspecified atom stereocenters. The highest BCUT2D eigenvalue weighted by Crippen LogP contribution is 2.29. The van der Waals surface area contributed by atoms with Crippen molar-refractivity contribution in [3.8, 4) is 0 Å². The molecule has 1 aliphatic carbocycles. The van der Waals surface area contributed by atoms with Crippen molar-refractivity contribution in [2.45, 2.75) is 38.7 Å². The number of nitrogens with one attached hydrogen (secondary N) is 1. The van der Waals surface area contributed by atoms with Crippen LogP contribution in [0, 0.1) is 23.0 Å². The zero-order valence-corrected chi connectivity index (χ0v) is 11.3. The van der Waals surface area contributed by atoms with Gasteiger partial charge in [0.25, 0.3) is 0 Å². The molecule has 1 saturated carbocycles. The molecule has 2 rings (SSSR count). The molecule has 0 amide bonds. The lowest BCUT2D eigenvalue weighted by Crippen LogP contribution is -2.30. The Morgan fingerprint density at radius 1 is 1.53 bits per heavy atom. The number of nitrogens with zero attached hydrogens (tertiary/aromatic N) is 3. The van der Waals surface area contributed by atoms with Crippen molar-refractivity contribution in [1.29, 1.82) is 0 Å². The fourth-order valence-electron chi connectivity index (χ4n) is 2.72. The first-order valence-electron chi connectivity index (χ1n) is 6.60. The standard InChI is InChI=1S/C12H20N4O3/c1-8-11(16(18)19)12(15(2)14-8)13-7-9-5-3-4-6-10(9)17/h9-10,13,17H,3-7H2,1-2H3. The molecule has 19 heavy (non-hydrogen) atoms. The monoisotopic (exact) mass is 268 g/mol. The predicted molar refractivity (Wildman–Crippen MR) is 71.1 cm³/mol. The van der Waals surface area contributed by atoms with Gasteiger partial charge in [-0.1, -0.05) is 12.8 Å². The van der Waals surface area contributed by atoms with E-state index >= 15 is 0 Å². The van der Waals surface area contributed by atoms with Gasteiger partial charge < -0.3 is 10.4 Å². The van der Waals surface area contributed by atoms with E-state index in [0.29, 0.717) is 18.1 Å². The molecule has 7 nitrogen and oxygen atoms in total. The Morgan fingerprint density at radius 2 is 2.21 bits per heavy atom. The summed E-state index contributed by atoms with van der Waals surface area (Å²) in [4.78, 5) is 10.6. The number of nitro groups is 1. The number of rotatable bonds is 4. The van der Waals surface area contributed by atoms with Gasteiger partial charge in [0.2, 0.25) is 5.82 Å². The van der Waals surface area contributed by atoms with Gasteiger partial charge in [0, 0.05) is 19.5 Å². The normalized spacial score (nSPS) is 23.3. The van der Waals surface area contributed by atoms with Gasteiger partial charge >= 0.3 is 5.69 Å². The second kappa shape index (κ2) is 5.56. The molecule has 0 bridgehead atoms. The van der Waals surface area contributed by atoms with Crippen molar-refractivity contribution in [3.05, 3.63) is 15.8 Å². The van der Waals surface area contributed by atoms with Crippen molar-refractivity contribution in [3.63, 3.8) is 0 Å². The number of aryl methyl sites for hydroxylation is 2. The first-order chi connectivity index (χ1) is 9.00. The number of aliphatic hydroxyl groups excluding tert-OH is 1. The molecule has 7 heteroatoms. The zero-order valence-electron chi connectivity index (χ0n) is 11.3. The van der Waals surface area contributed by atoms with Crippen molar-refractivity contribution in [2.75, 3.05) is 11.9 Å². The molecule has 1 aliphatic rings. The highest BCUT2D eigenvalue weighted by atomic mass is 16.6. The summed E-state index contributed by atoms with van der Waals surface area (Å²) in [6.07, 6.45) is 3.63. The fourth-order valence-corrected chi connectivity index (χ4v) is 2.72. The third kappa shape index (κ3) is 2.86. The van der Waals surface area contributed by atoms with Crippen LogP contribution in [0.2, 0.25) is 0 Å². The molecule has 0 saturated heterocycles. The quantitative estimate of drug-likeness (QED) is 0.639. The third-order valence-corrected chi connectivity index (χ3v) is 3.77. The van der Waals surface area contributed by atoms with Gasteiger partial charge in [-0.2, -0.15) is 5.10 Å². The molecule has 1 aromatic rings. The number of aromatic nitrogens is 2. The van der Waals surface area contributed by atoms with E-state index in [4.69, 9.17) is 0 Å². The van der Waals surface area contributed by atoms with Gasteiger partial charge in [0.15, 0.2) is 0 Å². The topological polar surface area (TPSA) is 93.2 Å². The summed E-state index contributed by atoms with van der Waals surface area (Å²) in [5, 5.41) is 28.1. The molecule has 0 spiro atoms. The van der Waals surface area contributed by atoms with Crippen LogP contribution in [0.4, 0.5) is 11.5 Å². The molecule has 0 radical (unpaired) electrons. The van der Waals surface area contributed by atoms with Crippen LogP contribution in [-0.4, -0.2) is 32.5 Å². The molecule has 0 aromatic carbocycles. The van der Waals surface area contributed by atoms with Crippen molar-refractivity contribution >= 4 is 11.5 Å². The summed E-state index contributed by atoms with van der Waals surface area (Å²) in [7, 11) is 1.68. The molecular formula is C12H20N4O3. The highest BCUT2D eigenvalue weighted by Gasteiger charge is 2.27. The van der Waals surface area contributed by atoms with E-state index in [2.05, 4.69) is 10.4 Å². The summed E-state index contributed by atoms with van der Waals surface area (Å²) in [5.41, 5.74) is 0.423. The maximum Gasteiger partial charge on any atom is 0.333 e. The minimum Gasteiger partial charge on any atom is -0.393 e. The van der Waals surface area contributed by atoms with Gasteiger partial charge in [-0.05, 0) is 19.8 Å². The Bertz CT molecular complexity index is 472. The molecule has 1 aromatic heterocycles. The lowest BCUT2D eigenvalue weighted by Gasteiger charge is -2.27. The van der Waals surface area contributed by atoms with Crippen molar-refractivity contribution in [1.82, 2.24) is 9.78 Å². The maximum atomic E-state index is 11.0. The fraction of sp³-hybridized carbons (Fsp3) is 0.750. The molecule has 106 valence electrons. The number of hydrogen-bond acceptors (Lipinski definition) is 5. The molecule has 1 fully saturated rings. The molecular weight excluding hydrogens is 248 g/mol. The average molecular weight is 268 g/mol. The summed E-state index contributed by atoms with van der Waals surface area (Å²) in [6, 6.07) is 0. The largest absolute Gasteiger partial charge is 0.393 e. The van der Waals surface area contributed by atoms with E-state index in [-0.39, 0.29) is 17.7 Å². The van der Waals surface area contributed by atoms with Gasteiger partial charge in [0.05, 0.1) is 11.0 Å². The van der Waals surface area contributed by atoms with Crippen LogP contribution in [0.5, 0.6) is 0 Å².